The molecule has 0 atom stereocenters. The van der Waals surface area contributed by atoms with Gasteiger partial charge in [0.1, 0.15) is 11.5 Å². The monoisotopic (exact) mass is 542 g/mol. The third-order valence-electron chi connectivity index (χ3n) is 5.15. The first-order valence-electron chi connectivity index (χ1n) is 11.2. The number of hydrazone groups is 1. The van der Waals surface area contributed by atoms with Gasteiger partial charge >= 0.3 is 5.97 Å². The zero-order valence-electron chi connectivity index (χ0n) is 19.5. The van der Waals surface area contributed by atoms with Crippen LogP contribution >= 0.6 is 15.9 Å². The number of amides is 1. The molecule has 180 valence electrons. The second kappa shape index (κ2) is 12.0. The zero-order chi connectivity index (χ0) is 25.3. The van der Waals surface area contributed by atoms with Crippen LogP contribution in [0.2, 0.25) is 0 Å². The van der Waals surface area contributed by atoms with Crippen LogP contribution < -0.4 is 14.9 Å². The maximum atomic E-state index is 12.5. The Kier molecular flexibility index (Phi) is 8.26. The van der Waals surface area contributed by atoms with Gasteiger partial charge in [0.15, 0.2) is 6.61 Å². The number of aryl methyl sites for hydroxylation is 1. The molecular formula is C29H23BrN2O4. The maximum Gasteiger partial charge on any atom is 0.343 e. The molecule has 0 unspecified atom stereocenters. The summed E-state index contributed by atoms with van der Waals surface area (Å²) in [7, 11) is 0. The first-order valence-corrected chi connectivity index (χ1v) is 12.0. The first-order chi connectivity index (χ1) is 17.5. The molecular weight excluding hydrogens is 520 g/mol. The highest BCUT2D eigenvalue weighted by molar-refractivity contribution is 9.10. The van der Waals surface area contributed by atoms with Crippen molar-refractivity contribution in [2.75, 3.05) is 6.61 Å². The number of benzene rings is 4. The van der Waals surface area contributed by atoms with Crippen molar-refractivity contribution < 1.29 is 19.1 Å². The summed E-state index contributed by atoms with van der Waals surface area (Å²) in [4.78, 5) is 24.7. The third kappa shape index (κ3) is 6.90. The van der Waals surface area contributed by atoms with Crippen molar-refractivity contribution >= 4 is 34.0 Å². The van der Waals surface area contributed by atoms with E-state index in [1.165, 1.54) is 6.21 Å². The molecule has 0 bridgehead atoms. The SMILES string of the molecule is Cc1cccc(C(=O)Oc2ccc(Br)cc2/C=N/NC(=O)COc2ccc(-c3ccccc3)cc2)c1. The van der Waals surface area contributed by atoms with E-state index >= 15 is 0 Å². The van der Waals surface area contributed by atoms with Gasteiger partial charge < -0.3 is 9.47 Å². The smallest absolute Gasteiger partial charge is 0.343 e. The number of halogens is 1. The van der Waals surface area contributed by atoms with E-state index in [0.29, 0.717) is 22.6 Å². The fraction of sp³-hybridized carbons (Fsp3) is 0.0690. The van der Waals surface area contributed by atoms with Crippen molar-refractivity contribution in [3.05, 3.63) is 118 Å². The van der Waals surface area contributed by atoms with E-state index in [9.17, 15) is 9.59 Å². The van der Waals surface area contributed by atoms with Gasteiger partial charge in [-0.1, -0.05) is 76.1 Å². The van der Waals surface area contributed by atoms with E-state index in [1.807, 2.05) is 67.6 Å². The van der Waals surface area contributed by atoms with Crippen LogP contribution in [0, 0.1) is 6.92 Å². The molecule has 4 rings (SSSR count). The normalized spacial score (nSPS) is 10.7. The average molecular weight is 543 g/mol. The summed E-state index contributed by atoms with van der Waals surface area (Å²) in [5.41, 5.74) is 6.51. The van der Waals surface area contributed by atoms with E-state index in [-0.39, 0.29) is 6.61 Å². The van der Waals surface area contributed by atoms with E-state index in [2.05, 4.69) is 26.5 Å². The fourth-order valence-corrected chi connectivity index (χ4v) is 3.75. The lowest BCUT2D eigenvalue weighted by molar-refractivity contribution is -0.123. The number of rotatable bonds is 8. The van der Waals surface area contributed by atoms with Gasteiger partial charge in [0.25, 0.3) is 5.91 Å². The molecule has 7 heteroatoms. The van der Waals surface area contributed by atoms with Gasteiger partial charge in [-0.3, -0.25) is 4.79 Å². The number of nitrogens with zero attached hydrogens (tertiary/aromatic N) is 1. The van der Waals surface area contributed by atoms with Crippen LogP contribution in [0.1, 0.15) is 21.5 Å². The molecule has 0 aliphatic carbocycles. The summed E-state index contributed by atoms with van der Waals surface area (Å²) in [6.45, 7) is 1.70. The number of carbonyl (C=O) groups excluding carboxylic acids is 2. The lowest BCUT2D eigenvalue weighted by Crippen LogP contribution is -2.24. The molecule has 36 heavy (non-hydrogen) atoms. The van der Waals surface area contributed by atoms with Crippen LogP contribution in [0.5, 0.6) is 11.5 Å². The van der Waals surface area contributed by atoms with Crippen LogP contribution in [-0.2, 0) is 4.79 Å². The Labute approximate surface area is 217 Å². The van der Waals surface area contributed by atoms with Gasteiger partial charge in [-0.2, -0.15) is 5.10 Å². The number of carbonyl (C=O) groups is 2. The van der Waals surface area contributed by atoms with E-state index in [0.717, 1.165) is 21.2 Å². The molecule has 1 N–H and O–H groups in total. The second-order valence-corrected chi connectivity index (χ2v) is 8.83. The van der Waals surface area contributed by atoms with E-state index in [1.54, 1.807) is 36.4 Å². The molecule has 6 nitrogen and oxygen atoms in total. The summed E-state index contributed by atoms with van der Waals surface area (Å²) >= 11 is 3.40. The van der Waals surface area contributed by atoms with E-state index in [4.69, 9.17) is 9.47 Å². The van der Waals surface area contributed by atoms with Gasteiger partial charge in [-0.05, 0) is 60.5 Å². The molecule has 0 spiro atoms. The van der Waals surface area contributed by atoms with Crippen molar-refractivity contribution in [3.63, 3.8) is 0 Å². The Morgan fingerprint density at radius 1 is 0.889 bits per heavy atom. The van der Waals surface area contributed by atoms with Crippen molar-refractivity contribution in [2.24, 2.45) is 5.10 Å². The zero-order valence-corrected chi connectivity index (χ0v) is 21.1. The molecule has 4 aromatic carbocycles. The predicted molar refractivity (Wildman–Crippen MR) is 143 cm³/mol. The fourth-order valence-electron chi connectivity index (χ4n) is 3.37. The summed E-state index contributed by atoms with van der Waals surface area (Å²) in [5.74, 6) is -0.0123. The summed E-state index contributed by atoms with van der Waals surface area (Å²) in [6.07, 6.45) is 1.41. The standard InChI is InChI=1S/C29H23BrN2O4/c1-20-6-5-9-23(16-20)29(34)36-27-15-12-25(30)17-24(27)18-31-32-28(33)19-35-26-13-10-22(11-14-26)21-7-3-2-4-8-21/h2-18H,19H2,1H3,(H,32,33)/b31-18+. The van der Waals surface area contributed by atoms with Crippen LogP contribution in [-0.4, -0.2) is 24.7 Å². The minimum atomic E-state index is -0.480. The highest BCUT2D eigenvalue weighted by Gasteiger charge is 2.12. The highest BCUT2D eigenvalue weighted by Crippen LogP contribution is 2.24. The second-order valence-electron chi connectivity index (χ2n) is 7.91. The molecule has 0 radical (unpaired) electrons. The summed E-state index contributed by atoms with van der Waals surface area (Å²) in [5, 5.41) is 3.99. The molecule has 1 amide bonds. The lowest BCUT2D eigenvalue weighted by Gasteiger charge is -2.09. The molecule has 0 fully saturated rings. The van der Waals surface area contributed by atoms with Crippen LogP contribution in [0.4, 0.5) is 0 Å². The van der Waals surface area contributed by atoms with Crippen LogP contribution in [0.15, 0.2) is 107 Å². The third-order valence-corrected chi connectivity index (χ3v) is 5.65. The number of nitrogens with one attached hydrogen (secondary N) is 1. The van der Waals surface area contributed by atoms with Crippen molar-refractivity contribution in [1.82, 2.24) is 5.43 Å². The van der Waals surface area contributed by atoms with E-state index < -0.39 is 11.9 Å². The molecule has 0 aliphatic heterocycles. The highest BCUT2D eigenvalue weighted by atomic mass is 79.9. The van der Waals surface area contributed by atoms with Gasteiger partial charge in [0, 0.05) is 10.0 Å². The number of ether oxygens (including phenoxy) is 2. The Morgan fingerprint density at radius 3 is 2.39 bits per heavy atom. The first kappa shape index (κ1) is 24.9. The molecule has 0 aromatic heterocycles. The van der Waals surface area contributed by atoms with Crippen LogP contribution in [0.25, 0.3) is 11.1 Å². The number of hydrogen-bond donors (Lipinski definition) is 1. The number of esters is 1. The van der Waals surface area contributed by atoms with Crippen molar-refractivity contribution in [2.45, 2.75) is 6.92 Å². The van der Waals surface area contributed by atoms with Gasteiger partial charge in [0.05, 0.1) is 11.8 Å². The lowest BCUT2D eigenvalue weighted by atomic mass is 10.1. The minimum absolute atomic E-state index is 0.199. The molecule has 4 aromatic rings. The Hall–Kier alpha value is -4.23. The minimum Gasteiger partial charge on any atom is -0.484 e. The quantitative estimate of drug-likeness (QED) is 0.125. The largest absolute Gasteiger partial charge is 0.484 e. The Bertz CT molecular complexity index is 1390. The molecule has 0 aliphatic rings. The molecule has 0 saturated carbocycles. The summed E-state index contributed by atoms with van der Waals surface area (Å²) < 4.78 is 11.9. The van der Waals surface area contributed by atoms with Gasteiger partial charge in [-0.15, -0.1) is 0 Å². The number of hydrogen-bond acceptors (Lipinski definition) is 5. The molecule has 0 heterocycles. The van der Waals surface area contributed by atoms with Gasteiger partial charge in [0.2, 0.25) is 0 Å². The Morgan fingerprint density at radius 2 is 1.64 bits per heavy atom. The topological polar surface area (TPSA) is 77.0 Å². The predicted octanol–water partition coefficient (Wildman–Crippen LogP) is 6.17. The van der Waals surface area contributed by atoms with Crippen molar-refractivity contribution in [1.29, 1.82) is 0 Å². The van der Waals surface area contributed by atoms with Gasteiger partial charge in [-0.25, -0.2) is 10.2 Å². The summed E-state index contributed by atoms with van der Waals surface area (Å²) in [6, 6.07) is 29.8. The van der Waals surface area contributed by atoms with Crippen LogP contribution in [0.3, 0.4) is 0 Å². The molecule has 0 saturated heterocycles. The van der Waals surface area contributed by atoms with Crippen molar-refractivity contribution in [3.8, 4) is 22.6 Å². The average Bonchev–Trinajstić information content (AvgIpc) is 2.90. The maximum absolute atomic E-state index is 12.5. The Balaban J connectivity index is 1.33.